The van der Waals surface area contributed by atoms with Crippen LogP contribution in [-0.2, 0) is 9.47 Å². The lowest BCUT2D eigenvalue weighted by atomic mass is 10.1. The summed E-state index contributed by atoms with van der Waals surface area (Å²) >= 11 is 0. The number of hydrogen-bond donors (Lipinski definition) is 1. The standard InChI is InChI=1S/C19H22N4O4/c1-2-26-19(25)27-14-8-10-23(11-9-14)18-21-15(12-16(22-18)17(20)24)13-6-4-3-5-7-13/h3-7,12,14H,2,8-11H2,1H3,(H2,20,24). The molecule has 0 aliphatic carbocycles. The zero-order chi connectivity index (χ0) is 19.2. The van der Waals surface area contributed by atoms with Gasteiger partial charge in [0.25, 0.3) is 5.91 Å². The number of piperidine rings is 1. The molecule has 8 heteroatoms. The summed E-state index contributed by atoms with van der Waals surface area (Å²) in [5.41, 5.74) is 7.13. The van der Waals surface area contributed by atoms with Gasteiger partial charge in [-0.1, -0.05) is 30.3 Å². The first-order valence-electron chi connectivity index (χ1n) is 8.89. The van der Waals surface area contributed by atoms with Crippen LogP contribution in [0.3, 0.4) is 0 Å². The molecule has 0 atom stereocenters. The van der Waals surface area contributed by atoms with E-state index in [1.165, 1.54) is 0 Å². The second kappa shape index (κ2) is 8.48. The van der Waals surface area contributed by atoms with Crippen LogP contribution in [0.1, 0.15) is 30.3 Å². The summed E-state index contributed by atoms with van der Waals surface area (Å²) < 4.78 is 10.1. The minimum atomic E-state index is -0.644. The summed E-state index contributed by atoms with van der Waals surface area (Å²) in [7, 11) is 0. The maximum Gasteiger partial charge on any atom is 0.508 e. The van der Waals surface area contributed by atoms with Gasteiger partial charge < -0.3 is 20.1 Å². The van der Waals surface area contributed by atoms with Crippen molar-refractivity contribution in [1.82, 2.24) is 9.97 Å². The molecule has 0 radical (unpaired) electrons. The molecule has 142 valence electrons. The SMILES string of the molecule is CCOC(=O)OC1CCN(c2nc(C(N)=O)cc(-c3ccccc3)n2)CC1. The largest absolute Gasteiger partial charge is 0.508 e. The molecular formula is C19H22N4O4. The first kappa shape index (κ1) is 18.6. The Bertz CT molecular complexity index is 805. The van der Waals surface area contributed by atoms with Crippen molar-refractivity contribution in [3.05, 3.63) is 42.1 Å². The van der Waals surface area contributed by atoms with E-state index >= 15 is 0 Å². The van der Waals surface area contributed by atoms with Crippen LogP contribution in [0.5, 0.6) is 0 Å². The van der Waals surface area contributed by atoms with E-state index in [1.54, 1.807) is 13.0 Å². The monoisotopic (exact) mass is 370 g/mol. The Morgan fingerprint density at radius 1 is 1.19 bits per heavy atom. The van der Waals surface area contributed by atoms with Crippen molar-refractivity contribution in [2.24, 2.45) is 5.73 Å². The van der Waals surface area contributed by atoms with E-state index < -0.39 is 12.1 Å². The highest BCUT2D eigenvalue weighted by atomic mass is 16.7. The van der Waals surface area contributed by atoms with E-state index in [-0.39, 0.29) is 18.4 Å². The summed E-state index contributed by atoms with van der Waals surface area (Å²) in [6, 6.07) is 11.1. The van der Waals surface area contributed by atoms with Crippen molar-refractivity contribution in [3.63, 3.8) is 0 Å². The highest BCUT2D eigenvalue weighted by Gasteiger charge is 2.25. The van der Waals surface area contributed by atoms with Crippen molar-refractivity contribution in [2.75, 3.05) is 24.6 Å². The van der Waals surface area contributed by atoms with Crippen molar-refractivity contribution < 1.29 is 19.1 Å². The van der Waals surface area contributed by atoms with E-state index in [4.69, 9.17) is 15.2 Å². The molecule has 2 N–H and O–H groups in total. The smallest absolute Gasteiger partial charge is 0.435 e. The third kappa shape index (κ3) is 4.72. The first-order chi connectivity index (χ1) is 13.1. The fourth-order valence-corrected chi connectivity index (χ4v) is 2.92. The van der Waals surface area contributed by atoms with Crippen LogP contribution >= 0.6 is 0 Å². The van der Waals surface area contributed by atoms with Crippen LogP contribution in [0.2, 0.25) is 0 Å². The summed E-state index contributed by atoms with van der Waals surface area (Å²) in [5, 5.41) is 0. The average Bonchev–Trinajstić information content (AvgIpc) is 2.69. The molecule has 1 saturated heterocycles. The number of nitrogens with two attached hydrogens (primary N) is 1. The molecule has 3 rings (SSSR count). The number of carbonyl (C=O) groups is 2. The summed E-state index contributed by atoms with van der Waals surface area (Å²) in [6.45, 7) is 3.21. The van der Waals surface area contributed by atoms with E-state index in [2.05, 4.69) is 9.97 Å². The fraction of sp³-hybridized carbons (Fsp3) is 0.368. The molecule has 1 fully saturated rings. The lowest BCUT2D eigenvalue weighted by Crippen LogP contribution is -2.39. The number of aromatic nitrogens is 2. The molecule has 1 aliphatic heterocycles. The fourth-order valence-electron chi connectivity index (χ4n) is 2.92. The van der Waals surface area contributed by atoms with Crippen molar-refractivity contribution in [1.29, 1.82) is 0 Å². The number of carbonyl (C=O) groups excluding carboxylic acids is 2. The summed E-state index contributed by atoms with van der Waals surface area (Å²) in [5.74, 6) is -0.156. The Morgan fingerprint density at radius 2 is 1.89 bits per heavy atom. The van der Waals surface area contributed by atoms with Gasteiger partial charge in [-0.05, 0) is 13.0 Å². The van der Waals surface area contributed by atoms with Gasteiger partial charge in [-0.25, -0.2) is 14.8 Å². The van der Waals surface area contributed by atoms with Gasteiger partial charge in [0.1, 0.15) is 11.8 Å². The van der Waals surface area contributed by atoms with Gasteiger partial charge in [-0.3, -0.25) is 4.79 Å². The molecule has 2 heterocycles. The molecule has 1 aromatic carbocycles. The number of ether oxygens (including phenoxy) is 2. The van der Waals surface area contributed by atoms with Crippen LogP contribution in [0.15, 0.2) is 36.4 Å². The first-order valence-corrected chi connectivity index (χ1v) is 8.89. The highest BCUT2D eigenvalue weighted by Crippen LogP contribution is 2.23. The van der Waals surface area contributed by atoms with Crippen molar-refractivity contribution in [3.8, 4) is 11.3 Å². The van der Waals surface area contributed by atoms with Gasteiger partial charge in [0, 0.05) is 31.5 Å². The summed E-state index contributed by atoms with van der Waals surface area (Å²) in [4.78, 5) is 34.0. The molecule has 0 bridgehead atoms. The number of nitrogens with zero attached hydrogens (tertiary/aromatic N) is 3. The van der Waals surface area contributed by atoms with Gasteiger partial charge in [0.05, 0.1) is 12.3 Å². The van der Waals surface area contributed by atoms with Crippen molar-refractivity contribution >= 4 is 18.0 Å². The van der Waals surface area contributed by atoms with Gasteiger partial charge in [0.2, 0.25) is 5.95 Å². The van der Waals surface area contributed by atoms with Crippen molar-refractivity contribution in [2.45, 2.75) is 25.9 Å². The molecule has 0 spiro atoms. The van der Waals surface area contributed by atoms with Crippen LogP contribution in [0, 0.1) is 0 Å². The molecule has 1 aliphatic rings. The van der Waals surface area contributed by atoms with E-state index in [0.29, 0.717) is 37.6 Å². The lowest BCUT2D eigenvalue weighted by Gasteiger charge is -2.31. The maximum atomic E-state index is 11.7. The van der Waals surface area contributed by atoms with E-state index in [9.17, 15) is 9.59 Å². The number of anilines is 1. The Morgan fingerprint density at radius 3 is 2.52 bits per heavy atom. The third-order valence-corrected chi connectivity index (χ3v) is 4.29. The molecular weight excluding hydrogens is 348 g/mol. The molecule has 0 saturated carbocycles. The van der Waals surface area contributed by atoms with E-state index in [1.807, 2.05) is 35.2 Å². The zero-order valence-corrected chi connectivity index (χ0v) is 15.1. The summed E-state index contributed by atoms with van der Waals surface area (Å²) in [6.07, 6.45) is 0.412. The quantitative estimate of drug-likeness (QED) is 0.805. The lowest BCUT2D eigenvalue weighted by molar-refractivity contribution is 0.0183. The predicted octanol–water partition coefficient (Wildman–Crippen LogP) is 2.38. The Hall–Kier alpha value is -3.16. The molecule has 1 aromatic heterocycles. The number of hydrogen-bond acceptors (Lipinski definition) is 7. The van der Waals surface area contributed by atoms with Crippen LogP contribution < -0.4 is 10.6 Å². The Labute approximate surface area is 157 Å². The van der Waals surface area contributed by atoms with Crippen LogP contribution in [0.25, 0.3) is 11.3 Å². The minimum absolute atomic E-state index is 0.170. The van der Waals surface area contributed by atoms with Crippen LogP contribution in [0.4, 0.5) is 10.7 Å². The van der Waals surface area contributed by atoms with Gasteiger partial charge >= 0.3 is 6.16 Å². The number of rotatable bonds is 5. The number of amides is 1. The molecule has 2 aromatic rings. The van der Waals surface area contributed by atoms with Gasteiger partial charge in [-0.2, -0.15) is 0 Å². The van der Waals surface area contributed by atoms with Gasteiger partial charge in [0.15, 0.2) is 0 Å². The predicted molar refractivity (Wildman–Crippen MR) is 99.3 cm³/mol. The average molecular weight is 370 g/mol. The normalized spacial score (nSPS) is 14.6. The second-order valence-corrected chi connectivity index (χ2v) is 6.16. The molecule has 8 nitrogen and oxygen atoms in total. The molecule has 1 amide bonds. The minimum Gasteiger partial charge on any atom is -0.435 e. The molecule has 27 heavy (non-hydrogen) atoms. The number of benzene rings is 1. The highest BCUT2D eigenvalue weighted by molar-refractivity contribution is 5.92. The topological polar surface area (TPSA) is 108 Å². The maximum absolute atomic E-state index is 11.7. The van der Waals surface area contributed by atoms with Gasteiger partial charge in [-0.15, -0.1) is 0 Å². The Balaban J connectivity index is 1.76. The van der Waals surface area contributed by atoms with E-state index in [0.717, 1.165) is 5.56 Å². The third-order valence-electron chi connectivity index (χ3n) is 4.29. The zero-order valence-electron chi connectivity index (χ0n) is 15.1. The second-order valence-electron chi connectivity index (χ2n) is 6.16. The Kier molecular flexibility index (Phi) is 5.85. The van der Waals surface area contributed by atoms with Crippen LogP contribution in [-0.4, -0.2) is 47.8 Å². The number of primary amides is 1. The molecule has 0 unspecified atom stereocenters.